The minimum atomic E-state index is 1.02. The SMILES string of the molecule is c1ccc(-n2c(N(c3ccc(-c4cc5ccccc5s4)cc3)c3cccc4ccccc34)ccc2N(c2ccc(-c3cc4ccccc4s3)cc2)c2cccc3ccccc23)cc1. The molecule has 0 atom stereocenters. The van der Waals surface area contributed by atoms with Crippen LogP contribution in [0.25, 0.3) is 68.3 Å². The van der Waals surface area contributed by atoms with E-state index in [4.69, 9.17) is 0 Å². The van der Waals surface area contributed by atoms with Gasteiger partial charge in [-0.1, -0.05) is 152 Å². The normalized spacial score (nSPS) is 11.5. The van der Waals surface area contributed by atoms with Crippen molar-refractivity contribution < 1.29 is 0 Å². The molecule has 12 aromatic rings. The number of fused-ring (bicyclic) bond motifs is 4. The number of rotatable bonds is 9. The van der Waals surface area contributed by atoms with Gasteiger partial charge in [-0.15, -0.1) is 22.7 Å². The maximum Gasteiger partial charge on any atom is 0.124 e. The smallest absolute Gasteiger partial charge is 0.124 e. The second-order valence-corrected chi connectivity index (χ2v) is 17.9. The Hall–Kier alpha value is -7.70. The lowest BCUT2D eigenvalue weighted by Crippen LogP contribution is -2.18. The van der Waals surface area contributed by atoms with Crippen LogP contribution in [0.5, 0.6) is 0 Å². The Morgan fingerprint density at radius 3 is 1.17 bits per heavy atom. The van der Waals surface area contributed by atoms with Gasteiger partial charge in [-0.25, -0.2) is 0 Å². The lowest BCUT2D eigenvalue weighted by Gasteiger charge is -2.32. The largest absolute Gasteiger partial charge is 0.295 e. The third kappa shape index (κ3) is 6.66. The lowest BCUT2D eigenvalue weighted by molar-refractivity contribution is 1.02. The summed E-state index contributed by atoms with van der Waals surface area (Å²) in [4.78, 5) is 7.38. The van der Waals surface area contributed by atoms with Crippen LogP contribution < -0.4 is 9.80 Å². The number of para-hydroxylation sites is 1. The summed E-state index contributed by atoms with van der Waals surface area (Å²) >= 11 is 3.68. The van der Waals surface area contributed by atoms with Gasteiger partial charge in [0.2, 0.25) is 0 Å². The molecule has 12 rings (SSSR count). The molecule has 0 radical (unpaired) electrons. The van der Waals surface area contributed by atoms with Crippen molar-refractivity contribution in [2.45, 2.75) is 0 Å². The van der Waals surface area contributed by atoms with E-state index >= 15 is 0 Å². The van der Waals surface area contributed by atoms with Gasteiger partial charge in [-0.2, -0.15) is 0 Å². The molecule has 0 saturated heterocycles. The van der Waals surface area contributed by atoms with E-state index in [1.54, 1.807) is 0 Å². The number of hydrogen-bond donors (Lipinski definition) is 0. The van der Waals surface area contributed by atoms with Crippen LogP contribution in [-0.4, -0.2) is 4.57 Å². The Balaban J connectivity index is 1.07. The zero-order chi connectivity index (χ0) is 41.7. The van der Waals surface area contributed by atoms with Crippen LogP contribution in [0.4, 0.5) is 34.4 Å². The first kappa shape index (κ1) is 37.1. The van der Waals surface area contributed by atoms with Crippen LogP contribution in [0.15, 0.2) is 237 Å². The van der Waals surface area contributed by atoms with Crippen molar-refractivity contribution in [2.24, 2.45) is 0 Å². The van der Waals surface area contributed by atoms with Crippen LogP contribution in [0.3, 0.4) is 0 Å². The van der Waals surface area contributed by atoms with Crippen molar-refractivity contribution in [2.75, 3.05) is 9.80 Å². The Bertz CT molecular complexity index is 3290. The summed E-state index contributed by atoms with van der Waals surface area (Å²) in [5.41, 5.74) is 7.83. The van der Waals surface area contributed by atoms with Crippen molar-refractivity contribution in [3.63, 3.8) is 0 Å². The van der Waals surface area contributed by atoms with Gasteiger partial charge in [-0.05, 0) is 118 Å². The Labute approximate surface area is 374 Å². The molecular formula is C58H39N3S2. The standard InChI is InChI=1S/C58H39N3S2/c1-2-20-46(21-3-1)61-57(59(51-24-12-18-40-14-4-8-22-49(40)51)47-32-28-42(29-33-47)55-38-44-16-6-10-26-53(44)62-55)36-37-58(61)60(52-25-13-19-41-15-5-9-23-50(41)52)48-34-30-43(31-35-48)56-39-45-17-7-11-27-54(45)63-56/h1-39H. The molecule has 63 heavy (non-hydrogen) atoms. The predicted octanol–water partition coefficient (Wildman–Crippen LogP) is 17.5. The molecule has 3 aromatic heterocycles. The monoisotopic (exact) mass is 841 g/mol. The van der Waals surface area contributed by atoms with E-state index in [0.717, 1.165) is 40.1 Å². The van der Waals surface area contributed by atoms with Crippen LogP contribution in [-0.2, 0) is 0 Å². The van der Waals surface area contributed by atoms with Crippen LogP contribution in [0.1, 0.15) is 0 Å². The van der Waals surface area contributed by atoms with E-state index in [-0.39, 0.29) is 0 Å². The molecule has 0 unspecified atom stereocenters. The number of hydrogen-bond acceptors (Lipinski definition) is 4. The number of benzene rings is 9. The summed E-state index contributed by atoms with van der Waals surface area (Å²) < 4.78 is 5.02. The molecule has 0 bridgehead atoms. The summed E-state index contributed by atoms with van der Waals surface area (Å²) in [7, 11) is 0. The van der Waals surface area contributed by atoms with Crippen LogP contribution >= 0.6 is 22.7 Å². The highest BCUT2D eigenvalue weighted by Gasteiger charge is 2.26. The van der Waals surface area contributed by atoms with Gasteiger partial charge >= 0.3 is 0 Å². The Kier molecular flexibility index (Phi) is 9.21. The first-order valence-electron chi connectivity index (χ1n) is 21.2. The highest BCUT2D eigenvalue weighted by Crippen LogP contribution is 2.47. The molecule has 0 fully saturated rings. The number of nitrogens with zero attached hydrogens (tertiary/aromatic N) is 3. The van der Waals surface area contributed by atoms with Crippen molar-refractivity contribution >= 4 is 98.8 Å². The summed E-state index contributed by atoms with van der Waals surface area (Å²) in [6.07, 6.45) is 0. The lowest BCUT2D eigenvalue weighted by atomic mass is 10.1. The fourth-order valence-electron chi connectivity index (χ4n) is 9.00. The third-order valence-corrected chi connectivity index (χ3v) is 14.3. The molecule has 0 saturated carbocycles. The molecule has 3 heterocycles. The predicted molar refractivity (Wildman–Crippen MR) is 272 cm³/mol. The molecule has 0 aliphatic rings. The summed E-state index contributed by atoms with van der Waals surface area (Å²) in [5.74, 6) is 2.04. The molecule has 9 aromatic carbocycles. The average molecular weight is 842 g/mol. The van der Waals surface area contributed by atoms with E-state index in [2.05, 4.69) is 251 Å². The zero-order valence-corrected chi connectivity index (χ0v) is 35.8. The van der Waals surface area contributed by atoms with E-state index < -0.39 is 0 Å². The van der Waals surface area contributed by atoms with Gasteiger partial charge in [0.05, 0.1) is 11.4 Å². The maximum absolute atomic E-state index is 2.43. The quantitative estimate of drug-likeness (QED) is 0.143. The third-order valence-electron chi connectivity index (χ3n) is 12.0. The first-order chi connectivity index (χ1) is 31.2. The van der Waals surface area contributed by atoms with E-state index in [1.165, 1.54) is 62.6 Å². The minimum Gasteiger partial charge on any atom is -0.295 e. The van der Waals surface area contributed by atoms with Crippen LogP contribution in [0, 0.1) is 0 Å². The fourth-order valence-corrected chi connectivity index (χ4v) is 11.1. The molecular weight excluding hydrogens is 803 g/mol. The molecule has 0 aliphatic carbocycles. The molecule has 3 nitrogen and oxygen atoms in total. The molecule has 298 valence electrons. The van der Waals surface area contributed by atoms with Gasteiger partial charge < -0.3 is 0 Å². The van der Waals surface area contributed by atoms with Crippen molar-refractivity contribution in [1.29, 1.82) is 0 Å². The Morgan fingerprint density at radius 2 is 0.714 bits per heavy atom. The minimum absolute atomic E-state index is 1.02. The average Bonchev–Trinajstić information content (AvgIpc) is 4.11. The van der Waals surface area contributed by atoms with Gasteiger partial charge in [0.15, 0.2) is 0 Å². The molecule has 0 amide bonds. The van der Waals surface area contributed by atoms with Gasteiger partial charge in [-0.3, -0.25) is 14.4 Å². The van der Waals surface area contributed by atoms with Gasteiger partial charge in [0.25, 0.3) is 0 Å². The topological polar surface area (TPSA) is 11.4 Å². The Morgan fingerprint density at radius 1 is 0.317 bits per heavy atom. The van der Waals surface area contributed by atoms with E-state index in [9.17, 15) is 0 Å². The highest BCUT2D eigenvalue weighted by atomic mass is 32.1. The maximum atomic E-state index is 2.43. The summed E-state index contributed by atoms with van der Waals surface area (Å²) in [6.45, 7) is 0. The number of thiophene rings is 2. The van der Waals surface area contributed by atoms with Crippen molar-refractivity contribution in [3.8, 4) is 26.6 Å². The zero-order valence-electron chi connectivity index (χ0n) is 34.2. The number of aromatic nitrogens is 1. The van der Waals surface area contributed by atoms with Crippen molar-refractivity contribution in [1.82, 2.24) is 4.57 Å². The van der Waals surface area contributed by atoms with Gasteiger partial charge in [0, 0.05) is 47.0 Å². The second kappa shape index (κ2) is 15.6. The fraction of sp³-hybridized carbons (Fsp3) is 0. The molecule has 0 aliphatic heterocycles. The van der Waals surface area contributed by atoms with Crippen LogP contribution in [0.2, 0.25) is 0 Å². The summed E-state index contributed by atoms with van der Waals surface area (Å²) in [6, 6.07) is 86.1. The molecule has 0 N–H and O–H groups in total. The van der Waals surface area contributed by atoms with E-state index in [0.29, 0.717) is 0 Å². The molecule has 5 heteroatoms. The van der Waals surface area contributed by atoms with Crippen molar-refractivity contribution in [3.05, 3.63) is 237 Å². The van der Waals surface area contributed by atoms with Gasteiger partial charge in [0.1, 0.15) is 11.6 Å². The first-order valence-corrected chi connectivity index (χ1v) is 22.9. The number of anilines is 6. The van der Waals surface area contributed by atoms with E-state index in [1.807, 2.05) is 22.7 Å². The molecule has 0 spiro atoms. The summed E-state index contributed by atoms with van der Waals surface area (Å²) in [5, 5.41) is 7.29. The highest BCUT2D eigenvalue weighted by molar-refractivity contribution is 7.22. The second-order valence-electron chi connectivity index (χ2n) is 15.8.